The molecule has 768 valence electrons. The Hall–Kier alpha value is -12.2. The molecule has 2 fully saturated rings. The van der Waals surface area contributed by atoms with Crippen molar-refractivity contribution in [1.82, 2.24) is 0 Å². The number of nitrogens with one attached hydrogen (secondary N) is 1. The van der Waals surface area contributed by atoms with Gasteiger partial charge in [-0.05, 0) is 116 Å². The van der Waals surface area contributed by atoms with Crippen molar-refractivity contribution in [3.05, 3.63) is 212 Å². The fourth-order valence-corrected chi connectivity index (χ4v) is 13.6. The van der Waals surface area contributed by atoms with Crippen molar-refractivity contribution >= 4 is 185 Å². The number of anilines is 1. The maximum Gasteiger partial charge on any atom is 0.411 e. The van der Waals surface area contributed by atoms with Gasteiger partial charge in [-0.15, -0.1) is 0 Å². The summed E-state index contributed by atoms with van der Waals surface area (Å²) < 4.78 is 248. The molecule has 0 aromatic heterocycles. The topological polar surface area (TPSA) is 671 Å². The third-order valence-electron chi connectivity index (χ3n) is 19.2. The van der Waals surface area contributed by atoms with Crippen LogP contribution in [-0.2, 0) is 162 Å². The maximum absolute atomic E-state index is 12.4. The monoisotopic (exact) mass is 2110 g/mol. The average molecular weight is 2110 g/mol. The first-order chi connectivity index (χ1) is 67.5. The molecular weight excluding hydrogens is 2010 g/mol. The van der Waals surface area contributed by atoms with Crippen LogP contribution in [0.5, 0.6) is 28.7 Å². The quantitative estimate of drug-likeness (QED) is 0.0171. The Morgan fingerprint density at radius 1 is 0.319 bits per heavy atom. The van der Waals surface area contributed by atoms with Gasteiger partial charge in [0.05, 0.1) is 166 Å². The van der Waals surface area contributed by atoms with E-state index >= 15 is 0 Å². The number of hydrogen-bond acceptors (Lipinski definition) is 42. The van der Waals surface area contributed by atoms with E-state index in [1.807, 2.05) is 30.3 Å². The minimum Gasteiger partial charge on any atom is -0.748 e. The van der Waals surface area contributed by atoms with Crippen molar-refractivity contribution in [1.29, 1.82) is 0 Å². The van der Waals surface area contributed by atoms with Crippen LogP contribution in [0.4, 0.5) is 10.5 Å². The van der Waals surface area contributed by atoms with Gasteiger partial charge in [-0.1, -0.05) is 172 Å². The fourth-order valence-electron chi connectivity index (χ4n) is 11.9. The Bertz CT molecular complexity index is 6230. The van der Waals surface area contributed by atoms with Crippen molar-refractivity contribution in [2.24, 2.45) is 17.8 Å². The van der Waals surface area contributed by atoms with E-state index in [9.17, 15) is 135 Å². The van der Waals surface area contributed by atoms with Crippen molar-refractivity contribution in [3.63, 3.8) is 0 Å². The van der Waals surface area contributed by atoms with Crippen molar-refractivity contribution in [2.45, 2.75) is 130 Å². The van der Waals surface area contributed by atoms with Gasteiger partial charge in [0.1, 0.15) is 103 Å². The second kappa shape index (κ2) is 61.2. The van der Waals surface area contributed by atoms with Crippen LogP contribution in [0.25, 0.3) is 0 Å². The summed E-state index contributed by atoms with van der Waals surface area (Å²) in [4.78, 5) is 142. The minimum atomic E-state index is -4.49. The maximum atomic E-state index is 12.4. The third-order valence-corrected chi connectivity index (χ3v) is 23.2. The molecule has 2 saturated carbocycles. The summed E-state index contributed by atoms with van der Waals surface area (Å²) in [5.41, 5.74) is 4.73. The number of carbonyl (C=O) groups is 12. The number of ether oxygens (including phenoxy) is 12. The summed E-state index contributed by atoms with van der Waals surface area (Å²) in [7, 11) is 6.35. The molecule has 0 bridgehead atoms. The van der Waals surface area contributed by atoms with Crippen LogP contribution >= 0.6 is 0 Å². The van der Waals surface area contributed by atoms with Gasteiger partial charge in [0.25, 0.3) is 0 Å². The number of benzene rings is 7. The highest BCUT2D eigenvalue weighted by atomic mass is 32.2. The zero-order chi connectivity index (χ0) is 108. The average Bonchev–Trinajstić information content (AvgIpc) is 0.932. The zero-order valence-corrected chi connectivity index (χ0v) is 82.8. The Morgan fingerprint density at radius 3 is 0.854 bits per heavy atom. The molecule has 0 aliphatic heterocycles. The lowest BCUT2D eigenvalue weighted by atomic mass is 9.89. The molecule has 12 radical (unpaired) electrons. The molecule has 43 nitrogen and oxygen atoms in total. The van der Waals surface area contributed by atoms with Crippen molar-refractivity contribution in [2.75, 3.05) is 79.5 Å². The molecule has 7 aromatic carbocycles. The summed E-state index contributed by atoms with van der Waals surface area (Å²) in [5.74, 6) is -13.7. The summed E-state index contributed by atoms with van der Waals surface area (Å²) >= 11 is 0. The molecular formula is C89H95B6NO42S6-6. The number of rotatable bonds is 41. The number of esters is 11. The Balaban J connectivity index is 0.000000361. The van der Waals surface area contributed by atoms with Gasteiger partial charge in [-0.3, -0.25) is 29.3 Å². The first-order valence-corrected chi connectivity index (χ1v) is 52.6. The van der Waals surface area contributed by atoms with E-state index in [1.54, 1.807) is 32.0 Å². The van der Waals surface area contributed by atoms with Crippen molar-refractivity contribution < 1.29 is 192 Å². The highest BCUT2D eigenvalue weighted by Gasteiger charge is 2.30. The molecule has 9 rings (SSSR count). The summed E-state index contributed by atoms with van der Waals surface area (Å²) in [6.45, 7) is 2.25. The first-order valence-electron chi connectivity index (χ1n) is 43.1. The van der Waals surface area contributed by atoms with Gasteiger partial charge in [0, 0.05) is 19.5 Å². The smallest absolute Gasteiger partial charge is 0.411 e. The Kier molecular flexibility index (Phi) is 52.7. The number of amides is 1. The van der Waals surface area contributed by atoms with E-state index in [4.69, 9.17) is 94.4 Å². The van der Waals surface area contributed by atoms with Gasteiger partial charge < -0.3 is 84.2 Å². The van der Waals surface area contributed by atoms with Crippen LogP contribution in [0.15, 0.2) is 140 Å². The second-order valence-corrected chi connectivity index (χ2v) is 39.9. The predicted octanol–water partition coefficient (Wildman–Crippen LogP) is 5.08. The fraction of sp³-hybridized carbons (Fsp3) is 0.393. The van der Waals surface area contributed by atoms with Crippen LogP contribution in [0, 0.1) is 17.8 Å². The van der Waals surface area contributed by atoms with Gasteiger partial charge in [-0.25, -0.2) is 84.1 Å². The second-order valence-electron chi connectivity index (χ2n) is 30.7. The lowest BCUT2D eigenvalue weighted by Crippen LogP contribution is -2.24. The lowest BCUT2D eigenvalue weighted by Gasteiger charge is -2.20. The van der Waals surface area contributed by atoms with E-state index in [0.717, 1.165) is 77.2 Å². The molecule has 0 atom stereocenters. The summed E-state index contributed by atoms with van der Waals surface area (Å²) in [6.07, 6.45) is 8.16. The normalized spacial score (nSPS) is 12.5. The van der Waals surface area contributed by atoms with Crippen LogP contribution in [0.2, 0.25) is 0 Å². The molecule has 144 heavy (non-hydrogen) atoms. The summed E-state index contributed by atoms with van der Waals surface area (Å²) in [5, 5.41) is 2.55. The van der Waals surface area contributed by atoms with E-state index in [0.29, 0.717) is 39.1 Å². The minimum absolute atomic E-state index is 0.0182. The van der Waals surface area contributed by atoms with Crippen LogP contribution in [0.3, 0.4) is 0 Å². The van der Waals surface area contributed by atoms with Crippen molar-refractivity contribution in [3.8, 4) is 28.7 Å². The van der Waals surface area contributed by atoms with Gasteiger partial charge in [0.15, 0.2) is 0 Å². The zero-order valence-electron chi connectivity index (χ0n) is 77.9. The standard InChI is InChI=1S/C18H18BNO7S.C17H21BO7S.C16H19BO7S.C14H17BO7S.2C12H13BO7S/c19-11-15-10-14(17(21)26-8-9-28(23,24)25)6-7-16(15)20-18(22)27-12-13-4-2-1-3-5-13;18-11-12-6-7-14(17(20)24-8-9-26(21,22)23)15(10-12)25-16(19)13-4-2-1-3-5-13;17-10-11-5-6-13(16(19)23-7-8-25(20,21)22)14(9-11)24-15(18)12-3-1-2-4-12;1-9(2)13(16)22-12-7-10(8-15)3-4-11(12)14(17)21-5-6-23(18,19)20;2*1-8(14)20-11-6-9(7-13)2-3-10(11)12(15)19-4-5-21(16,17)18/h1-7,10H,8-9,11-12H2,(H,20,22)(H,23,24,25);6-7,10,13H,1-5,8-9,11H2,(H,21,22,23);5-6,9,12H,1-4,7-8,10H2,(H,20,21,22);3-4,7,9H,5-6,8H2,1-2H3,(H,18,19,20);2*2-3,6H,4-5,7H2,1H3,(H,16,17,18)/p-6. The molecule has 1 N–H and O–H groups in total. The molecule has 0 spiro atoms. The van der Waals surface area contributed by atoms with E-state index in [-0.39, 0.29) is 118 Å². The molecule has 0 saturated heterocycles. The molecule has 1 amide bonds. The van der Waals surface area contributed by atoms with Crippen LogP contribution in [0.1, 0.15) is 187 Å². The predicted molar refractivity (Wildman–Crippen MR) is 508 cm³/mol. The lowest BCUT2D eigenvalue weighted by molar-refractivity contribution is -0.140. The SMILES string of the molecule is [B]Cc1cc(C(=O)OCCS(=O)(=O)[O-])ccc1NC(=O)OCc1ccccc1.[B]Cc1ccc(C(=O)OCCS(=O)(=O)[O-])c(OC(=O)C(C)C)c1.[B]Cc1ccc(C(=O)OCCS(=O)(=O)[O-])c(OC(=O)C2CCCC2)c1.[B]Cc1ccc(C(=O)OCCS(=O)(=O)[O-])c(OC(=O)C2CCCCC2)c1.[B]Cc1ccc(C(=O)OCCS(=O)(=O)[O-])c(OC(C)=O)c1.[B]Cc1ccc(C(=O)OCCS(=O)(=O)[O-])c(OC(C)=O)c1. The Morgan fingerprint density at radius 2 is 0.590 bits per heavy atom. The van der Waals surface area contributed by atoms with E-state index in [2.05, 4.69) is 14.8 Å². The third kappa shape index (κ3) is 49.9. The van der Waals surface area contributed by atoms with Crippen LogP contribution < -0.4 is 29.0 Å². The molecule has 2 aliphatic carbocycles. The number of carbonyl (C=O) groups excluding carboxylic acids is 12. The molecule has 7 aromatic rings. The molecule has 2 aliphatic rings. The van der Waals surface area contributed by atoms with E-state index in [1.165, 1.54) is 91.0 Å². The highest BCUT2D eigenvalue weighted by molar-refractivity contribution is 7.86. The van der Waals surface area contributed by atoms with E-state index < -0.39 is 213 Å². The molecule has 0 heterocycles. The Labute approximate surface area is 839 Å². The van der Waals surface area contributed by atoms with Crippen LogP contribution in [-0.4, -0.2) is 271 Å². The molecule has 55 heteroatoms. The van der Waals surface area contributed by atoms with Gasteiger partial charge in [-0.2, -0.15) is 0 Å². The first kappa shape index (κ1) is 124. The van der Waals surface area contributed by atoms with Gasteiger partial charge in [0.2, 0.25) is 0 Å². The number of hydrogen-bond donors (Lipinski definition) is 1. The van der Waals surface area contributed by atoms with Gasteiger partial charge >= 0.3 is 71.8 Å². The molecule has 0 unspecified atom stereocenters. The largest absolute Gasteiger partial charge is 0.748 e. The highest BCUT2D eigenvalue weighted by Crippen LogP contribution is 2.33. The summed E-state index contributed by atoms with van der Waals surface area (Å²) in [6, 6.07) is 35.2.